The number of carbonyl (C=O) groups is 2. The van der Waals surface area contributed by atoms with E-state index < -0.39 is 35.5 Å². The molecule has 1 fully saturated rings. The van der Waals surface area contributed by atoms with E-state index in [9.17, 15) is 18.4 Å². The van der Waals surface area contributed by atoms with Gasteiger partial charge in [-0.05, 0) is 12.1 Å². The number of aromatic nitrogens is 2. The van der Waals surface area contributed by atoms with Crippen LogP contribution in [0.25, 0.3) is 11.4 Å². The summed E-state index contributed by atoms with van der Waals surface area (Å²) < 4.78 is 54.2. The summed E-state index contributed by atoms with van der Waals surface area (Å²) in [7, 11) is 1.38. The molecule has 0 bridgehead atoms. The molecule has 0 aliphatic carbocycles. The fourth-order valence-electron chi connectivity index (χ4n) is 3.57. The normalized spacial score (nSPS) is 18.7. The van der Waals surface area contributed by atoms with Gasteiger partial charge in [0.25, 0.3) is 11.7 Å². The molecule has 13 heteroatoms. The SMILES string of the molecule is COC[C@H](Nc1ccc2c(c1F)OCCn1cc(N3C(=O)SCC3C(F)F)nc1-2)C(N)=O. The first-order valence-electron chi connectivity index (χ1n) is 9.63. The van der Waals surface area contributed by atoms with Crippen molar-refractivity contribution in [3.63, 3.8) is 0 Å². The Labute approximate surface area is 185 Å². The molecule has 2 aromatic rings. The monoisotopic (exact) mass is 471 g/mol. The number of anilines is 2. The minimum atomic E-state index is -2.72. The summed E-state index contributed by atoms with van der Waals surface area (Å²) in [6, 6.07) is 0.686. The summed E-state index contributed by atoms with van der Waals surface area (Å²) >= 11 is 0.805. The number of amides is 2. The molecule has 2 atom stereocenters. The largest absolute Gasteiger partial charge is 0.488 e. The Kier molecular flexibility index (Phi) is 6.20. The molecule has 3 heterocycles. The average molecular weight is 471 g/mol. The number of primary amides is 1. The number of fused-ring (bicyclic) bond motifs is 3. The third-order valence-electron chi connectivity index (χ3n) is 5.13. The molecule has 1 aromatic heterocycles. The van der Waals surface area contributed by atoms with E-state index in [1.165, 1.54) is 25.4 Å². The molecule has 0 spiro atoms. The highest BCUT2D eigenvalue weighted by Gasteiger charge is 2.41. The number of nitrogens with one attached hydrogen (secondary N) is 1. The van der Waals surface area contributed by atoms with Crippen LogP contribution in [-0.4, -0.2) is 65.3 Å². The number of ether oxygens (including phenoxy) is 2. The number of halogens is 3. The van der Waals surface area contributed by atoms with Crippen molar-refractivity contribution in [2.45, 2.75) is 25.1 Å². The smallest absolute Gasteiger partial charge is 0.287 e. The molecule has 2 amide bonds. The Morgan fingerprint density at radius 3 is 2.94 bits per heavy atom. The van der Waals surface area contributed by atoms with Gasteiger partial charge in [-0.2, -0.15) is 0 Å². The summed E-state index contributed by atoms with van der Waals surface area (Å²) in [5, 5.41) is 2.18. The number of rotatable bonds is 7. The van der Waals surface area contributed by atoms with Crippen LogP contribution in [0.1, 0.15) is 0 Å². The molecule has 9 nitrogen and oxygen atoms in total. The Hall–Kier alpha value is -2.93. The van der Waals surface area contributed by atoms with Gasteiger partial charge in [0.1, 0.15) is 24.5 Å². The summed E-state index contributed by atoms with van der Waals surface area (Å²) in [6.07, 6.45) is -1.24. The number of alkyl halides is 2. The van der Waals surface area contributed by atoms with Crippen LogP contribution in [-0.2, 0) is 16.1 Å². The molecule has 172 valence electrons. The van der Waals surface area contributed by atoms with Crippen LogP contribution < -0.4 is 20.7 Å². The topological polar surface area (TPSA) is 112 Å². The van der Waals surface area contributed by atoms with Gasteiger partial charge in [0, 0.05) is 19.1 Å². The van der Waals surface area contributed by atoms with Gasteiger partial charge in [-0.3, -0.25) is 14.5 Å². The zero-order chi connectivity index (χ0) is 23.0. The van der Waals surface area contributed by atoms with E-state index in [4.69, 9.17) is 15.2 Å². The van der Waals surface area contributed by atoms with E-state index in [0.29, 0.717) is 0 Å². The lowest BCUT2D eigenvalue weighted by Gasteiger charge is -2.20. The maximum Gasteiger partial charge on any atom is 0.287 e. The minimum absolute atomic E-state index is 0.0197. The number of nitrogens with two attached hydrogens (primary N) is 1. The van der Waals surface area contributed by atoms with Crippen molar-refractivity contribution >= 4 is 34.4 Å². The first-order chi connectivity index (χ1) is 15.3. The summed E-state index contributed by atoms with van der Waals surface area (Å²) in [6.45, 7) is 0.281. The number of thioether (sulfide) groups is 1. The van der Waals surface area contributed by atoms with Gasteiger partial charge in [0.05, 0.1) is 24.4 Å². The molecular weight excluding hydrogens is 451 g/mol. The lowest BCUT2D eigenvalue weighted by molar-refractivity contribution is -0.119. The fraction of sp³-hybridized carbons (Fsp3) is 0.421. The Morgan fingerprint density at radius 2 is 2.25 bits per heavy atom. The van der Waals surface area contributed by atoms with E-state index in [1.807, 2.05) is 0 Å². The van der Waals surface area contributed by atoms with Crippen LogP contribution >= 0.6 is 11.8 Å². The van der Waals surface area contributed by atoms with Crippen molar-refractivity contribution in [1.29, 1.82) is 0 Å². The van der Waals surface area contributed by atoms with Crippen molar-refractivity contribution in [2.75, 3.05) is 36.3 Å². The van der Waals surface area contributed by atoms with Crippen molar-refractivity contribution < 1.29 is 32.2 Å². The van der Waals surface area contributed by atoms with Gasteiger partial charge >= 0.3 is 0 Å². The van der Waals surface area contributed by atoms with Crippen molar-refractivity contribution in [2.24, 2.45) is 5.73 Å². The first kappa shape index (κ1) is 22.3. The second kappa shape index (κ2) is 8.90. The van der Waals surface area contributed by atoms with Gasteiger partial charge in [0.15, 0.2) is 17.4 Å². The molecule has 0 radical (unpaired) electrons. The molecule has 0 saturated carbocycles. The Bertz CT molecular complexity index is 1050. The summed E-state index contributed by atoms with van der Waals surface area (Å²) in [5.74, 6) is -1.28. The maximum atomic E-state index is 15.2. The highest BCUT2D eigenvalue weighted by molar-refractivity contribution is 8.14. The van der Waals surface area contributed by atoms with Crippen molar-refractivity contribution in [3.8, 4) is 17.1 Å². The highest BCUT2D eigenvalue weighted by Crippen LogP contribution is 2.40. The van der Waals surface area contributed by atoms with Crippen LogP contribution in [0.5, 0.6) is 5.75 Å². The molecule has 4 rings (SSSR count). The summed E-state index contributed by atoms with van der Waals surface area (Å²) in [5.41, 5.74) is 5.58. The number of hydrogen-bond donors (Lipinski definition) is 2. The number of carbonyl (C=O) groups excluding carboxylic acids is 2. The van der Waals surface area contributed by atoms with E-state index in [2.05, 4.69) is 10.3 Å². The summed E-state index contributed by atoms with van der Waals surface area (Å²) in [4.78, 5) is 29.1. The molecule has 3 N–H and O–H groups in total. The molecule has 1 unspecified atom stereocenters. The number of benzene rings is 1. The quantitative estimate of drug-likeness (QED) is 0.637. The van der Waals surface area contributed by atoms with Gasteiger partial charge < -0.3 is 25.1 Å². The van der Waals surface area contributed by atoms with E-state index in [-0.39, 0.29) is 54.2 Å². The third kappa shape index (κ3) is 3.97. The number of imidazole rings is 1. The second-order valence-corrected chi connectivity index (χ2v) is 8.14. The molecule has 2 aliphatic rings. The third-order valence-corrected chi connectivity index (χ3v) is 6.08. The van der Waals surface area contributed by atoms with E-state index >= 15 is 4.39 Å². The highest BCUT2D eigenvalue weighted by atomic mass is 32.2. The molecule has 1 saturated heterocycles. The number of hydrogen-bond acceptors (Lipinski definition) is 7. The predicted molar refractivity (Wildman–Crippen MR) is 112 cm³/mol. The van der Waals surface area contributed by atoms with Crippen LogP contribution in [0.2, 0.25) is 0 Å². The number of nitrogens with zero attached hydrogens (tertiary/aromatic N) is 3. The van der Waals surface area contributed by atoms with Gasteiger partial charge in [-0.1, -0.05) is 11.8 Å². The molecule has 32 heavy (non-hydrogen) atoms. The van der Waals surface area contributed by atoms with Crippen LogP contribution in [0.3, 0.4) is 0 Å². The minimum Gasteiger partial charge on any atom is -0.488 e. The Balaban J connectivity index is 1.71. The standard InChI is InChI=1S/C19H20F3N5O4S/c1-30-7-11(17(23)28)24-10-3-2-9-15(14(10)20)31-5-4-26-6-13(25-18(9)26)27-12(16(21)22)8-32-19(27)29/h2-3,6,11-12,16,24H,4-5,7-8H2,1H3,(H2,23,28)/t11-,12?/m0/s1. The van der Waals surface area contributed by atoms with Crippen LogP contribution in [0, 0.1) is 5.82 Å². The zero-order valence-electron chi connectivity index (χ0n) is 16.9. The second-order valence-electron chi connectivity index (χ2n) is 7.17. The zero-order valence-corrected chi connectivity index (χ0v) is 17.7. The van der Waals surface area contributed by atoms with Crippen LogP contribution in [0.15, 0.2) is 18.3 Å². The Morgan fingerprint density at radius 1 is 1.47 bits per heavy atom. The van der Waals surface area contributed by atoms with Gasteiger partial charge in [-0.15, -0.1) is 0 Å². The van der Waals surface area contributed by atoms with Gasteiger partial charge in [0.2, 0.25) is 5.91 Å². The number of methoxy groups -OCH3 is 1. The average Bonchev–Trinajstić information content (AvgIpc) is 3.28. The predicted octanol–water partition coefficient (Wildman–Crippen LogP) is 2.30. The van der Waals surface area contributed by atoms with E-state index in [1.54, 1.807) is 4.57 Å². The van der Waals surface area contributed by atoms with Crippen LogP contribution in [0.4, 0.5) is 29.5 Å². The lowest BCUT2D eigenvalue weighted by Crippen LogP contribution is -2.39. The van der Waals surface area contributed by atoms with Crippen molar-refractivity contribution in [1.82, 2.24) is 9.55 Å². The molecule has 2 aliphatic heterocycles. The molecular formula is C19H20F3N5O4S. The molecule has 1 aromatic carbocycles. The fourth-order valence-corrected chi connectivity index (χ4v) is 4.54. The van der Waals surface area contributed by atoms with E-state index in [0.717, 1.165) is 16.7 Å². The van der Waals surface area contributed by atoms with Gasteiger partial charge in [-0.25, -0.2) is 18.2 Å². The lowest BCUT2D eigenvalue weighted by atomic mass is 10.1. The van der Waals surface area contributed by atoms with Crippen molar-refractivity contribution in [3.05, 3.63) is 24.1 Å². The maximum absolute atomic E-state index is 15.2. The first-order valence-corrected chi connectivity index (χ1v) is 10.6.